The minimum Gasteiger partial charge on any atom is -0.478 e. The lowest BCUT2D eigenvalue weighted by Crippen LogP contribution is -2.26. The van der Waals surface area contributed by atoms with Gasteiger partial charge in [-0.1, -0.05) is 24.3 Å². The van der Waals surface area contributed by atoms with Gasteiger partial charge in [0.15, 0.2) is 11.5 Å². The van der Waals surface area contributed by atoms with Gasteiger partial charge in [0.1, 0.15) is 5.78 Å². The lowest BCUT2D eigenvalue weighted by Gasteiger charge is -2.16. The highest BCUT2D eigenvalue weighted by atomic mass is 19.3. The van der Waals surface area contributed by atoms with Gasteiger partial charge >= 0.3 is 12.3 Å². The number of pyridine rings is 1. The molecule has 2 aliphatic rings. The number of benzene rings is 2. The summed E-state index contributed by atoms with van der Waals surface area (Å²) in [6, 6.07) is 13.9. The Hall–Kier alpha value is -3.85. The number of aliphatic hydroxyl groups is 1. The van der Waals surface area contributed by atoms with E-state index in [-0.39, 0.29) is 38.7 Å². The third-order valence-electron chi connectivity index (χ3n) is 6.17. The van der Waals surface area contributed by atoms with E-state index in [0.717, 1.165) is 0 Å². The van der Waals surface area contributed by atoms with E-state index in [0.29, 0.717) is 40.9 Å². The Bertz CT molecular complexity index is 1330. The summed E-state index contributed by atoms with van der Waals surface area (Å²) < 4.78 is 35.7. The molecule has 9 heteroatoms. The van der Waals surface area contributed by atoms with Gasteiger partial charge in [-0.25, -0.2) is 4.79 Å². The van der Waals surface area contributed by atoms with Gasteiger partial charge in [-0.05, 0) is 48.7 Å². The maximum Gasteiger partial charge on any atom is 0.586 e. The first-order chi connectivity index (χ1) is 16.2. The van der Waals surface area contributed by atoms with E-state index in [1.54, 1.807) is 30.3 Å². The molecule has 0 radical (unpaired) electrons. The highest BCUT2D eigenvalue weighted by Crippen LogP contribution is 2.52. The van der Waals surface area contributed by atoms with Crippen molar-refractivity contribution in [1.29, 1.82) is 0 Å². The van der Waals surface area contributed by atoms with Gasteiger partial charge in [-0.3, -0.25) is 9.78 Å². The molecule has 5 rings (SSSR count). The number of Topliss-reactive ketones (excluding diaryl/α,β-unsaturated/α-hetero) is 1. The van der Waals surface area contributed by atoms with Crippen LogP contribution >= 0.6 is 0 Å². The third kappa shape index (κ3) is 3.88. The zero-order valence-corrected chi connectivity index (χ0v) is 17.8. The number of carbonyl (C=O) groups is 2. The van der Waals surface area contributed by atoms with Crippen molar-refractivity contribution in [3.8, 4) is 22.8 Å². The van der Waals surface area contributed by atoms with Crippen LogP contribution in [0.5, 0.6) is 11.5 Å². The smallest absolute Gasteiger partial charge is 0.478 e. The van der Waals surface area contributed by atoms with E-state index < -0.39 is 17.7 Å². The van der Waals surface area contributed by atoms with E-state index in [2.05, 4.69) is 14.5 Å². The fraction of sp³-hybridized carbons (Fsp3) is 0.240. The average Bonchev–Trinajstić information content (AvgIpc) is 3.56. The van der Waals surface area contributed by atoms with Crippen LogP contribution < -0.4 is 9.47 Å². The molecule has 0 bridgehead atoms. The molecule has 1 fully saturated rings. The summed E-state index contributed by atoms with van der Waals surface area (Å²) in [6.45, 7) is -0.306. The highest BCUT2D eigenvalue weighted by Gasteiger charge is 2.52. The summed E-state index contributed by atoms with van der Waals surface area (Å²) in [4.78, 5) is 29.2. The molecule has 3 aromatic rings. The summed E-state index contributed by atoms with van der Waals surface area (Å²) in [5, 5.41) is 19.0. The number of hydrogen-bond acceptors (Lipinski definition) is 6. The number of aromatic carboxylic acids is 1. The van der Waals surface area contributed by atoms with Gasteiger partial charge in [0, 0.05) is 26.1 Å². The van der Waals surface area contributed by atoms with Crippen LogP contribution in [0.2, 0.25) is 0 Å². The maximum atomic E-state index is 13.4. The Morgan fingerprint density at radius 1 is 1.03 bits per heavy atom. The zero-order chi connectivity index (χ0) is 24.1. The number of halogens is 2. The first-order valence-corrected chi connectivity index (χ1v) is 10.6. The molecule has 2 N–H and O–H groups in total. The molecule has 0 spiro atoms. The molecule has 1 aromatic heterocycles. The molecular formula is C25H23F2NO6. The van der Waals surface area contributed by atoms with Gasteiger partial charge < -0.3 is 19.7 Å². The lowest BCUT2D eigenvalue weighted by atomic mass is 9.88. The monoisotopic (exact) mass is 471 g/mol. The number of rotatable bonds is 7. The average molecular weight is 471 g/mol. The first kappa shape index (κ1) is 22.0. The number of carboxylic acids is 1. The standard InChI is InChI=1S/C25H19F2NO6.2H2/c26-25(27)33-19-7-5-17(11-20(19)34-25)24(8-9-24)21(30)12-18-6-4-16(13-29)22(28-18)14-2-1-3-15(10-14)23(31)32;;/h1-7,10-11,29H,8-9,12-13H2,(H,31,32);2*1H. The summed E-state index contributed by atoms with van der Waals surface area (Å²) >= 11 is 0. The number of nitrogens with zero attached hydrogens (tertiary/aromatic N) is 1. The number of aliphatic hydroxyl groups excluding tert-OH is 1. The summed E-state index contributed by atoms with van der Waals surface area (Å²) in [7, 11) is 0. The van der Waals surface area contributed by atoms with Crippen LogP contribution in [0.4, 0.5) is 8.78 Å². The summed E-state index contributed by atoms with van der Waals surface area (Å²) in [5.74, 6) is -1.39. The van der Waals surface area contributed by atoms with Crippen molar-refractivity contribution in [3.63, 3.8) is 0 Å². The SMILES string of the molecule is O=C(O)c1cccc(-c2nc(CC(=O)C3(c4ccc5c(c4)OC(F)(F)O5)CC3)ccc2CO)c1.[HH].[HH]. The number of alkyl halides is 2. The number of hydrogen-bond donors (Lipinski definition) is 2. The second kappa shape index (κ2) is 7.88. The van der Waals surface area contributed by atoms with Crippen molar-refractivity contribution in [2.24, 2.45) is 0 Å². The second-order valence-corrected chi connectivity index (χ2v) is 8.37. The molecule has 1 saturated carbocycles. The van der Waals surface area contributed by atoms with Crippen molar-refractivity contribution in [1.82, 2.24) is 4.98 Å². The Morgan fingerprint density at radius 2 is 1.79 bits per heavy atom. The highest BCUT2D eigenvalue weighted by molar-refractivity contribution is 5.94. The molecule has 7 nitrogen and oxygen atoms in total. The fourth-order valence-corrected chi connectivity index (χ4v) is 4.24. The lowest BCUT2D eigenvalue weighted by molar-refractivity contribution is -0.286. The normalized spacial score (nSPS) is 16.8. The molecule has 1 aliphatic carbocycles. The Kier molecular flexibility index (Phi) is 5.09. The van der Waals surface area contributed by atoms with E-state index in [1.165, 1.54) is 24.3 Å². The van der Waals surface area contributed by atoms with Crippen LogP contribution in [0.15, 0.2) is 54.6 Å². The van der Waals surface area contributed by atoms with Crippen molar-refractivity contribution in [3.05, 3.63) is 77.0 Å². The number of carbonyl (C=O) groups excluding carboxylic acids is 1. The van der Waals surface area contributed by atoms with Crippen LogP contribution in [-0.2, 0) is 23.2 Å². The van der Waals surface area contributed by atoms with E-state index in [9.17, 15) is 28.6 Å². The van der Waals surface area contributed by atoms with Crippen LogP contribution in [0, 0.1) is 0 Å². The number of ketones is 1. The van der Waals surface area contributed by atoms with Crippen molar-refractivity contribution in [2.75, 3.05) is 0 Å². The molecule has 178 valence electrons. The fourth-order valence-electron chi connectivity index (χ4n) is 4.24. The van der Waals surface area contributed by atoms with Crippen LogP contribution in [0.1, 0.15) is 42.9 Å². The van der Waals surface area contributed by atoms with E-state index in [4.69, 9.17) is 0 Å². The van der Waals surface area contributed by atoms with Gasteiger partial charge in [0.05, 0.1) is 23.3 Å². The molecule has 0 amide bonds. The zero-order valence-electron chi connectivity index (χ0n) is 17.8. The maximum absolute atomic E-state index is 13.4. The van der Waals surface area contributed by atoms with Crippen molar-refractivity contribution >= 4 is 11.8 Å². The van der Waals surface area contributed by atoms with Gasteiger partial charge in [-0.2, -0.15) is 0 Å². The first-order valence-electron chi connectivity index (χ1n) is 10.6. The second-order valence-electron chi connectivity index (χ2n) is 8.37. The van der Waals surface area contributed by atoms with Crippen molar-refractivity contribution < 1.29 is 40.9 Å². The Labute approximate surface area is 195 Å². The molecule has 1 aliphatic heterocycles. The van der Waals surface area contributed by atoms with E-state index in [1.807, 2.05) is 0 Å². The van der Waals surface area contributed by atoms with Gasteiger partial charge in [0.25, 0.3) is 0 Å². The molecular weight excluding hydrogens is 448 g/mol. The predicted molar refractivity (Wildman–Crippen MR) is 119 cm³/mol. The molecule has 0 unspecified atom stereocenters. The predicted octanol–water partition coefficient (Wildman–Crippen LogP) is 4.60. The molecule has 2 aromatic carbocycles. The largest absolute Gasteiger partial charge is 0.586 e. The minimum absolute atomic E-state index is 0. The quantitative estimate of drug-likeness (QED) is 0.519. The molecule has 0 atom stereocenters. The molecule has 34 heavy (non-hydrogen) atoms. The Balaban J connectivity index is 0.00000180. The molecule has 2 heterocycles. The van der Waals surface area contributed by atoms with Gasteiger partial charge in [0.2, 0.25) is 0 Å². The van der Waals surface area contributed by atoms with Crippen LogP contribution in [0.25, 0.3) is 11.3 Å². The summed E-state index contributed by atoms with van der Waals surface area (Å²) in [6.07, 6.45) is -2.59. The number of ether oxygens (including phenoxy) is 2. The van der Waals surface area contributed by atoms with Crippen LogP contribution in [0.3, 0.4) is 0 Å². The molecule has 0 saturated heterocycles. The van der Waals surface area contributed by atoms with Gasteiger partial charge in [-0.15, -0.1) is 8.78 Å². The topological polar surface area (TPSA) is 106 Å². The number of carboxylic acid groups (broad SMARTS) is 1. The summed E-state index contributed by atoms with van der Waals surface area (Å²) in [5.41, 5.74) is 1.71. The van der Waals surface area contributed by atoms with Crippen molar-refractivity contribution in [2.45, 2.75) is 37.6 Å². The minimum atomic E-state index is -3.73. The van der Waals surface area contributed by atoms with Crippen LogP contribution in [-0.4, -0.2) is 33.2 Å². The van der Waals surface area contributed by atoms with E-state index >= 15 is 0 Å². The number of fused-ring (bicyclic) bond motifs is 1. The number of aromatic nitrogens is 1. The Morgan fingerprint density at radius 3 is 2.50 bits per heavy atom. The third-order valence-corrected chi connectivity index (χ3v) is 6.17.